The zero-order valence-corrected chi connectivity index (χ0v) is 18.0. The van der Waals surface area contributed by atoms with Crippen molar-refractivity contribution in [1.82, 2.24) is 5.32 Å². The Labute approximate surface area is 177 Å². The number of hydrogen-bond acceptors (Lipinski definition) is 4. The van der Waals surface area contributed by atoms with Gasteiger partial charge in [0.15, 0.2) is 0 Å². The van der Waals surface area contributed by atoms with E-state index in [1.54, 1.807) is 30.3 Å². The second kappa shape index (κ2) is 9.00. The predicted octanol–water partition coefficient (Wildman–Crippen LogP) is 4.35. The topological polar surface area (TPSA) is 87.3 Å². The first-order valence-corrected chi connectivity index (χ1v) is 11.4. The zero-order chi connectivity index (χ0) is 21.7. The summed E-state index contributed by atoms with van der Waals surface area (Å²) in [6.07, 6.45) is 1.09. The molecule has 0 aliphatic rings. The molecule has 0 spiro atoms. The molecule has 0 aliphatic carbocycles. The van der Waals surface area contributed by atoms with Crippen LogP contribution in [0.2, 0.25) is 0 Å². The third-order valence-corrected chi connectivity index (χ3v) is 5.39. The minimum absolute atomic E-state index is 0.190. The molecule has 0 fully saturated rings. The summed E-state index contributed by atoms with van der Waals surface area (Å²) in [6, 6.07) is 20.3. The Kier molecular flexibility index (Phi) is 6.42. The van der Waals surface area contributed by atoms with Crippen LogP contribution >= 0.6 is 0 Å². The monoisotopic (exact) mass is 423 g/mol. The van der Waals surface area contributed by atoms with Crippen molar-refractivity contribution < 1.29 is 13.2 Å². The molecule has 0 aromatic heterocycles. The SMILES string of the molecule is Cc1cccc(Nc2ccccc2C(=O)NCc2ccccc2NS(C)(=O)=O)c1C. The number of benzene rings is 3. The highest BCUT2D eigenvalue weighted by molar-refractivity contribution is 7.92. The number of hydrogen-bond donors (Lipinski definition) is 3. The highest BCUT2D eigenvalue weighted by atomic mass is 32.2. The second-order valence-corrected chi connectivity index (χ2v) is 8.88. The van der Waals surface area contributed by atoms with Crippen molar-refractivity contribution in [2.75, 3.05) is 16.3 Å². The fourth-order valence-corrected chi connectivity index (χ4v) is 3.66. The van der Waals surface area contributed by atoms with Crippen LogP contribution in [0.4, 0.5) is 17.1 Å². The first kappa shape index (κ1) is 21.4. The largest absolute Gasteiger partial charge is 0.355 e. The van der Waals surface area contributed by atoms with Crippen LogP contribution in [0.25, 0.3) is 0 Å². The second-order valence-electron chi connectivity index (χ2n) is 7.13. The van der Waals surface area contributed by atoms with E-state index in [1.807, 2.05) is 50.2 Å². The molecular formula is C23H25N3O3S. The number of carbonyl (C=O) groups is 1. The first-order valence-electron chi connectivity index (χ1n) is 9.51. The van der Waals surface area contributed by atoms with Crippen LogP contribution in [0, 0.1) is 13.8 Å². The average molecular weight is 424 g/mol. The number of rotatable bonds is 7. The molecule has 3 N–H and O–H groups in total. The van der Waals surface area contributed by atoms with Crippen molar-refractivity contribution in [3.8, 4) is 0 Å². The van der Waals surface area contributed by atoms with E-state index in [9.17, 15) is 13.2 Å². The van der Waals surface area contributed by atoms with Gasteiger partial charge in [-0.15, -0.1) is 0 Å². The van der Waals surface area contributed by atoms with Gasteiger partial charge in [0.25, 0.3) is 5.91 Å². The van der Waals surface area contributed by atoms with Crippen LogP contribution < -0.4 is 15.4 Å². The number of carbonyl (C=O) groups excluding carboxylic acids is 1. The van der Waals surface area contributed by atoms with Gasteiger partial charge in [-0.05, 0) is 54.8 Å². The van der Waals surface area contributed by atoms with E-state index in [0.29, 0.717) is 22.5 Å². The lowest BCUT2D eigenvalue weighted by Crippen LogP contribution is -2.24. The molecule has 7 heteroatoms. The average Bonchev–Trinajstić information content (AvgIpc) is 2.70. The molecule has 3 aromatic carbocycles. The Morgan fingerprint density at radius 1 is 0.833 bits per heavy atom. The number of para-hydroxylation sites is 2. The molecule has 0 atom stereocenters. The summed E-state index contributed by atoms with van der Waals surface area (Å²) in [7, 11) is -3.41. The molecule has 0 saturated carbocycles. The molecule has 0 radical (unpaired) electrons. The summed E-state index contributed by atoms with van der Waals surface area (Å²) in [5.74, 6) is -0.252. The van der Waals surface area contributed by atoms with Gasteiger partial charge < -0.3 is 10.6 Å². The summed E-state index contributed by atoms with van der Waals surface area (Å²) in [5, 5.41) is 6.23. The van der Waals surface area contributed by atoms with Crippen molar-refractivity contribution in [2.24, 2.45) is 0 Å². The molecular weight excluding hydrogens is 398 g/mol. The van der Waals surface area contributed by atoms with Crippen molar-refractivity contribution in [2.45, 2.75) is 20.4 Å². The third-order valence-electron chi connectivity index (χ3n) is 4.80. The van der Waals surface area contributed by atoms with E-state index in [1.165, 1.54) is 0 Å². The molecule has 3 aromatic rings. The quantitative estimate of drug-likeness (QED) is 0.527. The van der Waals surface area contributed by atoms with Gasteiger partial charge in [-0.2, -0.15) is 0 Å². The van der Waals surface area contributed by atoms with Crippen LogP contribution in [-0.2, 0) is 16.6 Å². The molecule has 6 nitrogen and oxygen atoms in total. The van der Waals surface area contributed by atoms with Gasteiger partial charge in [0.2, 0.25) is 10.0 Å². The Bertz CT molecular complexity index is 1170. The summed E-state index contributed by atoms with van der Waals surface area (Å²) in [6.45, 7) is 4.27. The van der Waals surface area contributed by atoms with E-state index in [2.05, 4.69) is 15.4 Å². The van der Waals surface area contributed by atoms with Gasteiger partial charge in [0.1, 0.15) is 0 Å². The molecule has 0 bridgehead atoms. The van der Waals surface area contributed by atoms with E-state index < -0.39 is 10.0 Å². The van der Waals surface area contributed by atoms with Gasteiger partial charge in [-0.1, -0.05) is 42.5 Å². The highest BCUT2D eigenvalue weighted by Gasteiger charge is 2.13. The number of anilines is 3. The number of aryl methyl sites for hydroxylation is 1. The molecule has 0 unspecified atom stereocenters. The van der Waals surface area contributed by atoms with Crippen LogP contribution in [0.15, 0.2) is 66.7 Å². The zero-order valence-electron chi connectivity index (χ0n) is 17.2. The maximum atomic E-state index is 12.9. The third kappa shape index (κ3) is 5.39. The summed E-state index contributed by atoms with van der Waals surface area (Å²) >= 11 is 0. The maximum absolute atomic E-state index is 12.9. The predicted molar refractivity (Wildman–Crippen MR) is 122 cm³/mol. The standard InChI is InChI=1S/C23H25N3O3S/c1-16-9-8-14-20(17(16)2)25-22-13-7-5-11-19(22)23(27)24-15-18-10-4-6-12-21(18)26-30(3,28)29/h4-14,25-26H,15H2,1-3H3,(H,24,27). The van der Waals surface area contributed by atoms with Crippen molar-refractivity contribution in [3.63, 3.8) is 0 Å². The molecule has 3 rings (SSSR count). The Morgan fingerprint density at radius 3 is 2.20 bits per heavy atom. The van der Waals surface area contributed by atoms with E-state index in [-0.39, 0.29) is 12.5 Å². The molecule has 0 aliphatic heterocycles. The molecule has 0 heterocycles. The fourth-order valence-electron chi connectivity index (χ4n) is 3.07. The smallest absolute Gasteiger partial charge is 0.253 e. The first-order chi connectivity index (χ1) is 14.2. The summed E-state index contributed by atoms with van der Waals surface area (Å²) in [5.41, 5.74) is 5.56. The molecule has 30 heavy (non-hydrogen) atoms. The van der Waals surface area contributed by atoms with E-state index in [0.717, 1.165) is 23.1 Å². The van der Waals surface area contributed by atoms with Crippen molar-refractivity contribution in [3.05, 3.63) is 89.0 Å². The lowest BCUT2D eigenvalue weighted by atomic mass is 10.1. The number of nitrogens with one attached hydrogen (secondary N) is 3. The Balaban J connectivity index is 1.79. The minimum Gasteiger partial charge on any atom is -0.355 e. The van der Waals surface area contributed by atoms with Crippen molar-refractivity contribution in [1.29, 1.82) is 0 Å². The van der Waals surface area contributed by atoms with Gasteiger partial charge >= 0.3 is 0 Å². The normalized spacial score (nSPS) is 11.0. The van der Waals surface area contributed by atoms with Gasteiger partial charge in [0, 0.05) is 12.2 Å². The molecule has 156 valence electrons. The summed E-state index contributed by atoms with van der Waals surface area (Å²) in [4.78, 5) is 12.9. The lowest BCUT2D eigenvalue weighted by molar-refractivity contribution is 0.0952. The van der Waals surface area contributed by atoms with E-state index in [4.69, 9.17) is 0 Å². The highest BCUT2D eigenvalue weighted by Crippen LogP contribution is 2.25. The van der Waals surface area contributed by atoms with Gasteiger partial charge in [-0.25, -0.2) is 8.42 Å². The van der Waals surface area contributed by atoms with Crippen molar-refractivity contribution >= 4 is 33.0 Å². The van der Waals surface area contributed by atoms with Crippen LogP contribution in [0.1, 0.15) is 27.0 Å². The fraction of sp³-hybridized carbons (Fsp3) is 0.174. The van der Waals surface area contributed by atoms with Gasteiger partial charge in [-0.3, -0.25) is 9.52 Å². The lowest BCUT2D eigenvalue weighted by Gasteiger charge is -2.16. The number of sulfonamides is 1. The summed E-state index contributed by atoms with van der Waals surface area (Å²) < 4.78 is 25.6. The van der Waals surface area contributed by atoms with Crippen LogP contribution in [-0.4, -0.2) is 20.6 Å². The van der Waals surface area contributed by atoms with E-state index >= 15 is 0 Å². The Hall–Kier alpha value is -3.32. The Morgan fingerprint density at radius 2 is 1.47 bits per heavy atom. The molecule has 0 saturated heterocycles. The van der Waals surface area contributed by atoms with Crippen LogP contribution in [0.3, 0.4) is 0 Å². The van der Waals surface area contributed by atoms with Gasteiger partial charge in [0.05, 0.1) is 23.2 Å². The minimum atomic E-state index is -3.41. The number of amides is 1. The molecule has 1 amide bonds. The van der Waals surface area contributed by atoms with Crippen LogP contribution in [0.5, 0.6) is 0 Å². The maximum Gasteiger partial charge on any atom is 0.253 e.